The molecule has 1 aromatic carbocycles. The number of methoxy groups -OCH3 is 1. The topological polar surface area (TPSA) is 74.4 Å². The van der Waals surface area contributed by atoms with E-state index in [0.29, 0.717) is 17.9 Å². The van der Waals surface area contributed by atoms with Crippen molar-refractivity contribution in [1.29, 1.82) is 0 Å². The Hall–Kier alpha value is -2.63. The molecule has 2 rings (SSSR count). The van der Waals surface area contributed by atoms with Gasteiger partial charge in [-0.15, -0.1) is 0 Å². The summed E-state index contributed by atoms with van der Waals surface area (Å²) in [5.41, 5.74) is 0.611. The normalized spacial score (nSPS) is 10.2. The van der Waals surface area contributed by atoms with Crippen LogP contribution in [0, 0.1) is 10.1 Å². The van der Waals surface area contributed by atoms with Crippen LogP contribution in [0.3, 0.4) is 0 Å². The molecular formula is C13H12N2O4. The van der Waals surface area contributed by atoms with Gasteiger partial charge in [-0.1, -0.05) is 0 Å². The number of nitro benzene ring substituents is 1. The van der Waals surface area contributed by atoms with Crippen molar-refractivity contribution >= 4 is 5.69 Å². The Morgan fingerprint density at radius 3 is 2.53 bits per heavy atom. The fourth-order valence-corrected chi connectivity index (χ4v) is 1.75. The highest BCUT2D eigenvalue weighted by Gasteiger charge is 2.11. The summed E-state index contributed by atoms with van der Waals surface area (Å²) in [6, 6.07) is 7.30. The van der Waals surface area contributed by atoms with Crippen LogP contribution < -0.4 is 10.2 Å². The highest BCUT2D eigenvalue weighted by atomic mass is 16.6. The number of hydrogen-bond donors (Lipinski definition) is 0. The van der Waals surface area contributed by atoms with E-state index in [1.165, 1.54) is 31.4 Å². The Morgan fingerprint density at radius 1 is 1.26 bits per heavy atom. The summed E-state index contributed by atoms with van der Waals surface area (Å²) in [5.74, 6) is 0.573. The highest BCUT2D eigenvalue weighted by Crippen LogP contribution is 2.24. The van der Waals surface area contributed by atoms with Gasteiger partial charge in [-0.3, -0.25) is 14.9 Å². The minimum Gasteiger partial charge on any atom is -0.496 e. The lowest BCUT2D eigenvalue weighted by molar-refractivity contribution is -0.384. The number of non-ortho nitro benzene ring substituents is 1. The van der Waals surface area contributed by atoms with Gasteiger partial charge in [0, 0.05) is 42.2 Å². The second-order valence-corrected chi connectivity index (χ2v) is 3.96. The third kappa shape index (κ3) is 2.98. The summed E-state index contributed by atoms with van der Waals surface area (Å²) in [7, 11) is 1.51. The van der Waals surface area contributed by atoms with E-state index in [-0.39, 0.29) is 11.1 Å². The van der Waals surface area contributed by atoms with Crippen molar-refractivity contribution < 1.29 is 9.66 Å². The maximum Gasteiger partial charge on any atom is 0.270 e. The fraction of sp³-hybridized carbons (Fsp3) is 0.154. The molecule has 2 aromatic rings. The Bertz CT molecular complexity index is 643. The largest absolute Gasteiger partial charge is 0.496 e. The Kier molecular flexibility index (Phi) is 3.61. The Balaban J connectivity index is 2.36. The van der Waals surface area contributed by atoms with Crippen molar-refractivity contribution in [2.75, 3.05) is 7.11 Å². The molecule has 6 nitrogen and oxygen atoms in total. The fourth-order valence-electron chi connectivity index (χ4n) is 1.75. The van der Waals surface area contributed by atoms with Gasteiger partial charge in [0.2, 0.25) is 0 Å². The SMILES string of the molecule is COc1ccc([N+](=O)[O-])cc1Cn1ccc(=O)cc1. The number of pyridine rings is 1. The van der Waals surface area contributed by atoms with Crippen molar-refractivity contribution in [3.63, 3.8) is 0 Å². The summed E-state index contributed by atoms with van der Waals surface area (Å²) in [6.45, 7) is 0.394. The summed E-state index contributed by atoms with van der Waals surface area (Å²) in [6.07, 6.45) is 3.25. The molecule has 0 spiro atoms. The number of rotatable bonds is 4. The zero-order chi connectivity index (χ0) is 13.8. The van der Waals surface area contributed by atoms with Crippen LogP contribution in [0.25, 0.3) is 0 Å². The van der Waals surface area contributed by atoms with Crippen molar-refractivity contribution in [1.82, 2.24) is 4.57 Å². The van der Waals surface area contributed by atoms with Gasteiger partial charge in [-0.2, -0.15) is 0 Å². The van der Waals surface area contributed by atoms with E-state index < -0.39 is 4.92 Å². The van der Waals surface area contributed by atoms with Gasteiger partial charge < -0.3 is 9.30 Å². The predicted molar refractivity (Wildman–Crippen MR) is 69.5 cm³/mol. The molecule has 19 heavy (non-hydrogen) atoms. The molecule has 0 saturated carbocycles. The van der Waals surface area contributed by atoms with Gasteiger partial charge in [-0.05, 0) is 6.07 Å². The van der Waals surface area contributed by atoms with E-state index in [2.05, 4.69) is 0 Å². The second-order valence-electron chi connectivity index (χ2n) is 3.96. The summed E-state index contributed by atoms with van der Waals surface area (Å²) in [4.78, 5) is 21.3. The van der Waals surface area contributed by atoms with Crippen molar-refractivity contribution in [3.8, 4) is 5.75 Å². The number of nitro groups is 1. The monoisotopic (exact) mass is 260 g/mol. The van der Waals surface area contributed by atoms with E-state index >= 15 is 0 Å². The molecule has 0 N–H and O–H groups in total. The van der Waals surface area contributed by atoms with E-state index in [1.807, 2.05) is 0 Å². The second kappa shape index (κ2) is 5.34. The minimum atomic E-state index is -0.450. The predicted octanol–water partition coefficient (Wildman–Crippen LogP) is 1.81. The summed E-state index contributed by atoms with van der Waals surface area (Å²) in [5, 5.41) is 10.8. The van der Waals surface area contributed by atoms with Gasteiger partial charge in [0.05, 0.1) is 18.6 Å². The molecule has 0 amide bonds. The first-order chi connectivity index (χ1) is 9.10. The van der Waals surface area contributed by atoms with Crippen molar-refractivity contribution in [2.24, 2.45) is 0 Å². The molecule has 0 aliphatic carbocycles. The molecule has 0 fully saturated rings. The lowest BCUT2D eigenvalue weighted by Gasteiger charge is -2.10. The Morgan fingerprint density at radius 2 is 1.95 bits per heavy atom. The smallest absolute Gasteiger partial charge is 0.270 e. The maximum absolute atomic E-state index is 11.0. The van der Waals surface area contributed by atoms with Crippen molar-refractivity contribution in [2.45, 2.75) is 6.54 Å². The molecule has 1 aromatic heterocycles. The Labute approximate surface area is 109 Å². The van der Waals surface area contributed by atoms with Crippen LogP contribution in [0.15, 0.2) is 47.5 Å². The first-order valence-electron chi connectivity index (χ1n) is 5.57. The minimum absolute atomic E-state index is 0.0110. The molecule has 0 unspecified atom stereocenters. The van der Waals surface area contributed by atoms with Crippen LogP contribution in [-0.4, -0.2) is 16.6 Å². The van der Waals surface area contributed by atoms with Crippen LogP contribution in [0.4, 0.5) is 5.69 Å². The molecular weight excluding hydrogens is 248 g/mol. The molecule has 0 saturated heterocycles. The third-order valence-corrected chi connectivity index (χ3v) is 2.69. The third-order valence-electron chi connectivity index (χ3n) is 2.69. The molecule has 0 aliphatic heterocycles. The van der Waals surface area contributed by atoms with Crippen LogP contribution in [0.1, 0.15) is 5.56 Å². The quantitative estimate of drug-likeness (QED) is 0.620. The molecule has 0 aliphatic rings. The van der Waals surface area contributed by atoms with Crippen LogP contribution in [0.5, 0.6) is 5.75 Å². The number of hydrogen-bond acceptors (Lipinski definition) is 4. The van der Waals surface area contributed by atoms with Crippen LogP contribution in [0.2, 0.25) is 0 Å². The van der Waals surface area contributed by atoms with E-state index in [4.69, 9.17) is 4.74 Å². The lowest BCUT2D eigenvalue weighted by Crippen LogP contribution is -2.06. The van der Waals surface area contributed by atoms with E-state index in [0.717, 1.165) is 0 Å². The molecule has 0 radical (unpaired) electrons. The van der Waals surface area contributed by atoms with Crippen molar-refractivity contribution in [3.05, 3.63) is 68.6 Å². The van der Waals surface area contributed by atoms with Crippen LogP contribution >= 0.6 is 0 Å². The standard InChI is InChI=1S/C13H12N2O4/c1-19-13-3-2-11(15(17)18)8-10(13)9-14-6-4-12(16)5-7-14/h2-8H,9H2,1H3. The van der Waals surface area contributed by atoms with Gasteiger partial charge >= 0.3 is 0 Å². The maximum atomic E-state index is 11.0. The zero-order valence-corrected chi connectivity index (χ0v) is 10.3. The van der Waals surface area contributed by atoms with Gasteiger partial charge in [0.25, 0.3) is 5.69 Å². The summed E-state index contributed by atoms with van der Waals surface area (Å²) >= 11 is 0. The van der Waals surface area contributed by atoms with Gasteiger partial charge in [0.15, 0.2) is 5.43 Å². The number of aromatic nitrogens is 1. The summed E-state index contributed by atoms with van der Waals surface area (Å²) < 4.78 is 6.93. The van der Waals surface area contributed by atoms with E-state index in [1.54, 1.807) is 23.0 Å². The van der Waals surface area contributed by atoms with Gasteiger partial charge in [-0.25, -0.2) is 0 Å². The van der Waals surface area contributed by atoms with Crippen LogP contribution in [-0.2, 0) is 6.54 Å². The molecule has 0 atom stereocenters. The van der Waals surface area contributed by atoms with E-state index in [9.17, 15) is 14.9 Å². The zero-order valence-electron chi connectivity index (χ0n) is 10.3. The van der Waals surface area contributed by atoms with Gasteiger partial charge in [0.1, 0.15) is 5.75 Å². The lowest BCUT2D eigenvalue weighted by atomic mass is 10.1. The first kappa shape index (κ1) is 12.8. The molecule has 6 heteroatoms. The highest BCUT2D eigenvalue weighted by molar-refractivity contribution is 5.43. The number of ether oxygens (including phenoxy) is 1. The number of nitrogens with zero attached hydrogens (tertiary/aromatic N) is 2. The average Bonchev–Trinajstić information content (AvgIpc) is 2.41. The average molecular weight is 260 g/mol. The molecule has 98 valence electrons. The molecule has 1 heterocycles. The molecule has 0 bridgehead atoms. The number of benzene rings is 1. The first-order valence-corrected chi connectivity index (χ1v) is 5.57.